The highest BCUT2D eigenvalue weighted by Crippen LogP contribution is 2.10. The van der Waals surface area contributed by atoms with Gasteiger partial charge in [-0.15, -0.1) is 0 Å². The van der Waals surface area contributed by atoms with Gasteiger partial charge in [0.1, 0.15) is 5.54 Å². The highest BCUT2D eigenvalue weighted by molar-refractivity contribution is 5.89. The predicted octanol–water partition coefficient (Wildman–Crippen LogP) is 0.339. The van der Waals surface area contributed by atoms with E-state index in [0.29, 0.717) is 6.42 Å². The average Bonchev–Trinajstić information content (AvgIpc) is 2.15. The van der Waals surface area contributed by atoms with Crippen LogP contribution in [-0.2, 0) is 9.59 Å². The summed E-state index contributed by atoms with van der Waals surface area (Å²) >= 11 is 0. The molecular weight excluding hydrogens is 196 g/mol. The molecule has 0 aliphatic carbocycles. The van der Waals surface area contributed by atoms with Crippen LogP contribution in [0.5, 0.6) is 0 Å². The summed E-state index contributed by atoms with van der Waals surface area (Å²) in [7, 11) is 0. The summed E-state index contributed by atoms with van der Waals surface area (Å²) < 4.78 is 0. The Morgan fingerprint density at radius 2 is 1.93 bits per heavy atom. The van der Waals surface area contributed by atoms with Crippen molar-refractivity contribution in [3.63, 3.8) is 0 Å². The van der Waals surface area contributed by atoms with E-state index >= 15 is 0 Å². The van der Waals surface area contributed by atoms with Gasteiger partial charge in [-0.2, -0.15) is 0 Å². The lowest BCUT2D eigenvalue weighted by Crippen LogP contribution is -2.57. The molecule has 0 bridgehead atoms. The summed E-state index contributed by atoms with van der Waals surface area (Å²) in [6.07, 6.45) is 0.318. The first-order valence-electron chi connectivity index (χ1n) is 5.05. The fraction of sp³-hybridized carbons (Fsp3) is 0.800. The van der Waals surface area contributed by atoms with Crippen LogP contribution in [0.3, 0.4) is 0 Å². The van der Waals surface area contributed by atoms with Crippen LogP contribution >= 0.6 is 0 Å². The van der Waals surface area contributed by atoms with Crippen molar-refractivity contribution in [1.82, 2.24) is 5.32 Å². The molecule has 0 heterocycles. The third-order valence-electron chi connectivity index (χ3n) is 2.60. The second kappa shape index (κ2) is 5.11. The molecule has 5 nitrogen and oxygen atoms in total. The molecule has 0 aromatic carbocycles. The largest absolute Gasteiger partial charge is 0.480 e. The minimum atomic E-state index is -1.23. The molecule has 2 atom stereocenters. The first-order valence-corrected chi connectivity index (χ1v) is 5.05. The van der Waals surface area contributed by atoms with Gasteiger partial charge in [0, 0.05) is 0 Å². The first kappa shape index (κ1) is 13.9. The molecular formula is C10H20N2O3. The Balaban J connectivity index is 4.57. The lowest BCUT2D eigenvalue weighted by atomic mass is 9.97. The highest BCUT2D eigenvalue weighted by atomic mass is 16.4. The van der Waals surface area contributed by atoms with Crippen molar-refractivity contribution in [3.8, 4) is 0 Å². The van der Waals surface area contributed by atoms with Gasteiger partial charge in [0.25, 0.3) is 0 Å². The maximum atomic E-state index is 11.6. The predicted molar refractivity (Wildman–Crippen MR) is 57.3 cm³/mol. The van der Waals surface area contributed by atoms with E-state index in [1.807, 2.05) is 13.8 Å². The minimum Gasteiger partial charge on any atom is -0.480 e. The number of carboxylic acid groups (broad SMARTS) is 1. The van der Waals surface area contributed by atoms with E-state index in [2.05, 4.69) is 5.32 Å². The Kier molecular flexibility index (Phi) is 4.74. The Labute approximate surface area is 90.0 Å². The quantitative estimate of drug-likeness (QED) is 0.618. The Morgan fingerprint density at radius 1 is 1.47 bits per heavy atom. The van der Waals surface area contributed by atoms with Gasteiger partial charge in [-0.25, -0.2) is 4.79 Å². The van der Waals surface area contributed by atoms with Crippen molar-refractivity contribution in [3.05, 3.63) is 0 Å². The molecule has 0 radical (unpaired) electrons. The molecule has 0 rings (SSSR count). The number of carbonyl (C=O) groups excluding carboxylic acids is 1. The number of aliphatic carboxylic acids is 1. The van der Waals surface area contributed by atoms with E-state index in [1.54, 1.807) is 6.92 Å². The van der Waals surface area contributed by atoms with Gasteiger partial charge in [-0.05, 0) is 19.3 Å². The average molecular weight is 216 g/mol. The molecule has 0 aliphatic heterocycles. The van der Waals surface area contributed by atoms with Crippen molar-refractivity contribution >= 4 is 11.9 Å². The Hall–Kier alpha value is -1.10. The van der Waals surface area contributed by atoms with Gasteiger partial charge in [-0.3, -0.25) is 4.79 Å². The number of carbonyl (C=O) groups is 2. The molecule has 0 aliphatic rings. The number of hydrogen-bond donors (Lipinski definition) is 3. The van der Waals surface area contributed by atoms with Crippen LogP contribution in [0, 0.1) is 5.92 Å². The number of nitrogens with two attached hydrogens (primary N) is 1. The minimum absolute atomic E-state index is 0.0140. The molecule has 1 amide bonds. The van der Waals surface area contributed by atoms with E-state index < -0.39 is 23.5 Å². The van der Waals surface area contributed by atoms with Crippen LogP contribution in [0.15, 0.2) is 0 Å². The topological polar surface area (TPSA) is 92.4 Å². The monoisotopic (exact) mass is 216 g/mol. The van der Waals surface area contributed by atoms with Gasteiger partial charge in [-0.1, -0.05) is 20.8 Å². The van der Waals surface area contributed by atoms with Crippen LogP contribution in [0.2, 0.25) is 0 Å². The van der Waals surface area contributed by atoms with E-state index in [0.717, 1.165) is 0 Å². The van der Waals surface area contributed by atoms with Crippen LogP contribution in [0.25, 0.3) is 0 Å². The zero-order valence-corrected chi connectivity index (χ0v) is 9.70. The summed E-state index contributed by atoms with van der Waals surface area (Å²) in [5.41, 5.74) is 4.38. The number of hydrogen-bond acceptors (Lipinski definition) is 3. The molecule has 4 N–H and O–H groups in total. The van der Waals surface area contributed by atoms with Crippen LogP contribution in [0.4, 0.5) is 0 Å². The van der Waals surface area contributed by atoms with E-state index in [1.165, 1.54) is 6.92 Å². The third-order valence-corrected chi connectivity index (χ3v) is 2.60. The van der Waals surface area contributed by atoms with Crippen molar-refractivity contribution in [2.75, 3.05) is 0 Å². The van der Waals surface area contributed by atoms with Crippen LogP contribution in [-0.4, -0.2) is 28.6 Å². The Morgan fingerprint density at radius 3 is 2.20 bits per heavy atom. The van der Waals surface area contributed by atoms with Gasteiger partial charge in [0.2, 0.25) is 5.91 Å². The zero-order valence-electron chi connectivity index (χ0n) is 9.70. The van der Waals surface area contributed by atoms with E-state index in [4.69, 9.17) is 10.8 Å². The molecule has 88 valence electrons. The van der Waals surface area contributed by atoms with Crippen molar-refractivity contribution in [2.45, 2.75) is 45.7 Å². The highest BCUT2D eigenvalue weighted by Gasteiger charge is 2.34. The summed E-state index contributed by atoms with van der Waals surface area (Å²) in [5, 5.41) is 11.4. The smallest absolute Gasteiger partial charge is 0.329 e. The molecule has 0 spiro atoms. The second-order valence-corrected chi connectivity index (χ2v) is 4.25. The summed E-state index contributed by atoms with van der Waals surface area (Å²) in [4.78, 5) is 22.5. The maximum Gasteiger partial charge on any atom is 0.329 e. The summed E-state index contributed by atoms with van der Waals surface area (Å²) in [5.74, 6) is -1.48. The number of carboxylic acids is 1. The molecule has 15 heavy (non-hydrogen) atoms. The summed E-state index contributed by atoms with van der Waals surface area (Å²) in [6, 6.07) is -0.671. The summed E-state index contributed by atoms with van der Waals surface area (Å²) in [6.45, 7) is 6.80. The normalized spacial score (nSPS) is 16.9. The molecule has 1 unspecified atom stereocenters. The molecule has 0 saturated carbocycles. The Bertz CT molecular complexity index is 253. The van der Waals surface area contributed by atoms with Crippen molar-refractivity contribution in [2.24, 2.45) is 11.7 Å². The van der Waals surface area contributed by atoms with Crippen molar-refractivity contribution in [1.29, 1.82) is 0 Å². The third kappa shape index (κ3) is 3.51. The van der Waals surface area contributed by atoms with E-state index in [-0.39, 0.29) is 5.92 Å². The molecule has 0 saturated heterocycles. The molecule has 5 heteroatoms. The maximum absolute atomic E-state index is 11.6. The van der Waals surface area contributed by atoms with Crippen molar-refractivity contribution < 1.29 is 14.7 Å². The zero-order chi connectivity index (χ0) is 12.2. The van der Waals surface area contributed by atoms with Gasteiger partial charge in [0.15, 0.2) is 0 Å². The van der Waals surface area contributed by atoms with Crippen LogP contribution < -0.4 is 11.1 Å². The van der Waals surface area contributed by atoms with Gasteiger partial charge < -0.3 is 16.2 Å². The second-order valence-electron chi connectivity index (χ2n) is 4.25. The first-order chi connectivity index (χ1) is 6.74. The lowest BCUT2D eigenvalue weighted by Gasteiger charge is -2.27. The van der Waals surface area contributed by atoms with Crippen LogP contribution in [0.1, 0.15) is 34.1 Å². The molecule has 0 aromatic heterocycles. The fourth-order valence-electron chi connectivity index (χ4n) is 0.951. The standard InChI is InChI=1S/C10H20N2O3/c1-5-10(4,9(14)15)12-8(13)7(11)6(2)3/h6-7H,5,11H2,1-4H3,(H,12,13)(H,14,15)/t7-,10?/m1/s1. The molecule has 0 fully saturated rings. The number of amides is 1. The van der Waals surface area contributed by atoms with E-state index in [9.17, 15) is 9.59 Å². The number of rotatable bonds is 5. The SMILES string of the molecule is CCC(C)(NC(=O)[C@H](N)C(C)C)C(=O)O. The lowest BCUT2D eigenvalue weighted by molar-refractivity contribution is -0.147. The fourth-order valence-corrected chi connectivity index (χ4v) is 0.951. The number of nitrogens with one attached hydrogen (secondary N) is 1. The van der Waals surface area contributed by atoms with Gasteiger partial charge in [0.05, 0.1) is 6.04 Å². The molecule has 0 aromatic rings. The van der Waals surface area contributed by atoms with Gasteiger partial charge >= 0.3 is 5.97 Å².